The van der Waals surface area contributed by atoms with E-state index in [1.54, 1.807) is 12.1 Å². The Balaban J connectivity index is 2.71. The minimum atomic E-state index is -4.25. The highest BCUT2D eigenvalue weighted by atomic mass is 19.4. The first-order chi connectivity index (χ1) is 5.58. The maximum atomic E-state index is 11.6. The first-order valence-corrected chi connectivity index (χ1v) is 3.24. The Labute approximate surface area is 67.6 Å². The second-order valence-electron chi connectivity index (χ2n) is 2.16. The van der Waals surface area contributed by atoms with Gasteiger partial charge in [-0.3, -0.25) is 4.98 Å². The van der Waals surface area contributed by atoms with Gasteiger partial charge in [0.25, 0.3) is 0 Å². The third kappa shape index (κ3) is 3.18. The van der Waals surface area contributed by atoms with E-state index in [0.717, 1.165) is 6.08 Å². The largest absolute Gasteiger partial charge is 0.409 e. The van der Waals surface area contributed by atoms with Gasteiger partial charge in [-0.1, -0.05) is 6.07 Å². The van der Waals surface area contributed by atoms with Crippen molar-refractivity contribution in [2.75, 3.05) is 0 Å². The highest BCUT2D eigenvalue weighted by Gasteiger charge is 2.21. The molecule has 0 saturated carbocycles. The predicted molar refractivity (Wildman–Crippen MR) is 39.3 cm³/mol. The van der Waals surface area contributed by atoms with E-state index in [9.17, 15) is 13.2 Å². The molecule has 0 atom stereocenters. The number of halogens is 3. The number of alkyl halides is 3. The van der Waals surface area contributed by atoms with E-state index >= 15 is 0 Å². The highest BCUT2D eigenvalue weighted by molar-refractivity contribution is 5.47. The molecule has 0 aromatic carbocycles. The average molecular weight is 173 g/mol. The van der Waals surface area contributed by atoms with Crippen LogP contribution in [0.25, 0.3) is 6.08 Å². The molecule has 0 bridgehead atoms. The number of allylic oxidation sites excluding steroid dienone is 1. The normalized spacial score (nSPS) is 12.2. The summed E-state index contributed by atoms with van der Waals surface area (Å²) < 4.78 is 34.9. The summed E-state index contributed by atoms with van der Waals surface area (Å²) >= 11 is 0. The molecule has 0 saturated heterocycles. The van der Waals surface area contributed by atoms with Gasteiger partial charge in [0.1, 0.15) is 0 Å². The Morgan fingerprint density at radius 1 is 1.33 bits per heavy atom. The minimum Gasteiger partial charge on any atom is -0.264 e. The van der Waals surface area contributed by atoms with Gasteiger partial charge in [0.2, 0.25) is 0 Å². The quantitative estimate of drug-likeness (QED) is 0.636. The van der Waals surface area contributed by atoms with Crippen LogP contribution in [-0.2, 0) is 0 Å². The SMILES string of the molecule is FC(F)(F)/C=C\c1cccnc1. The van der Waals surface area contributed by atoms with Gasteiger partial charge in [0.15, 0.2) is 0 Å². The lowest BCUT2D eigenvalue weighted by molar-refractivity contribution is -0.0790. The van der Waals surface area contributed by atoms with Crippen molar-refractivity contribution < 1.29 is 13.2 Å². The minimum absolute atomic E-state index is 0.185. The summed E-state index contributed by atoms with van der Waals surface area (Å²) in [7, 11) is 0. The standard InChI is InChI=1S/C8H6F3N/c9-8(10,11)4-3-7-2-1-5-12-6-7/h1-6H/b4-3-. The van der Waals surface area contributed by atoms with Crippen molar-refractivity contribution in [3.63, 3.8) is 0 Å². The topological polar surface area (TPSA) is 12.9 Å². The monoisotopic (exact) mass is 173 g/mol. The molecule has 1 nitrogen and oxygen atoms in total. The molecule has 0 amide bonds. The lowest BCUT2D eigenvalue weighted by Crippen LogP contribution is -2.00. The molecule has 0 aliphatic carbocycles. The molecule has 4 heteroatoms. The van der Waals surface area contributed by atoms with Crippen LogP contribution in [0, 0.1) is 0 Å². The number of rotatable bonds is 1. The lowest BCUT2D eigenvalue weighted by atomic mass is 10.2. The Morgan fingerprint density at radius 3 is 2.58 bits per heavy atom. The van der Waals surface area contributed by atoms with Gasteiger partial charge in [-0.05, 0) is 17.7 Å². The molecule has 64 valence electrons. The van der Waals surface area contributed by atoms with E-state index in [1.807, 2.05) is 0 Å². The summed E-state index contributed by atoms with van der Waals surface area (Å²) in [4.78, 5) is 3.67. The van der Waals surface area contributed by atoms with Crippen molar-refractivity contribution in [2.45, 2.75) is 6.18 Å². The lowest BCUT2D eigenvalue weighted by Gasteiger charge is -1.96. The molecular weight excluding hydrogens is 167 g/mol. The number of hydrogen-bond donors (Lipinski definition) is 0. The van der Waals surface area contributed by atoms with Crippen LogP contribution in [0.3, 0.4) is 0 Å². The molecule has 1 heterocycles. The Bertz CT molecular complexity index is 263. The molecule has 1 aromatic heterocycles. The zero-order valence-electron chi connectivity index (χ0n) is 6.05. The van der Waals surface area contributed by atoms with Gasteiger partial charge in [-0.25, -0.2) is 0 Å². The van der Waals surface area contributed by atoms with E-state index in [1.165, 1.54) is 12.4 Å². The van der Waals surface area contributed by atoms with E-state index in [4.69, 9.17) is 0 Å². The van der Waals surface area contributed by atoms with Crippen LogP contribution >= 0.6 is 0 Å². The van der Waals surface area contributed by atoms with Gasteiger partial charge < -0.3 is 0 Å². The Kier molecular flexibility index (Phi) is 2.47. The van der Waals surface area contributed by atoms with Crippen LogP contribution in [0.5, 0.6) is 0 Å². The second-order valence-corrected chi connectivity index (χ2v) is 2.16. The fourth-order valence-electron chi connectivity index (χ4n) is 0.665. The fourth-order valence-corrected chi connectivity index (χ4v) is 0.665. The van der Waals surface area contributed by atoms with E-state index < -0.39 is 6.18 Å². The molecule has 0 spiro atoms. The fraction of sp³-hybridized carbons (Fsp3) is 0.125. The van der Waals surface area contributed by atoms with Crippen molar-refractivity contribution in [1.29, 1.82) is 0 Å². The van der Waals surface area contributed by atoms with Crippen molar-refractivity contribution >= 4 is 6.08 Å². The van der Waals surface area contributed by atoms with Crippen LogP contribution in [0.2, 0.25) is 0 Å². The maximum Gasteiger partial charge on any atom is 0.409 e. The summed E-state index contributed by atoms with van der Waals surface area (Å²) in [5.41, 5.74) is 0.440. The van der Waals surface area contributed by atoms with Crippen molar-refractivity contribution in [3.05, 3.63) is 36.2 Å². The van der Waals surface area contributed by atoms with Crippen molar-refractivity contribution in [2.24, 2.45) is 0 Å². The molecule has 1 aromatic rings. The van der Waals surface area contributed by atoms with Gasteiger partial charge in [0, 0.05) is 18.5 Å². The molecule has 0 aliphatic heterocycles. The van der Waals surface area contributed by atoms with Crippen molar-refractivity contribution in [3.8, 4) is 0 Å². The molecular formula is C8H6F3N. The Morgan fingerprint density at radius 2 is 2.08 bits per heavy atom. The summed E-state index contributed by atoms with van der Waals surface area (Å²) in [5, 5.41) is 0. The van der Waals surface area contributed by atoms with E-state index in [-0.39, 0.29) is 6.08 Å². The van der Waals surface area contributed by atoms with Gasteiger partial charge >= 0.3 is 6.18 Å². The average Bonchev–Trinajstić information content (AvgIpc) is 2.02. The summed E-state index contributed by atoms with van der Waals surface area (Å²) in [6.07, 6.45) is -0.222. The predicted octanol–water partition coefficient (Wildman–Crippen LogP) is 2.66. The number of hydrogen-bond acceptors (Lipinski definition) is 1. The first-order valence-electron chi connectivity index (χ1n) is 3.24. The molecule has 12 heavy (non-hydrogen) atoms. The van der Waals surface area contributed by atoms with Gasteiger partial charge in [0.05, 0.1) is 0 Å². The number of pyridine rings is 1. The number of aromatic nitrogens is 1. The van der Waals surface area contributed by atoms with Crippen LogP contribution < -0.4 is 0 Å². The smallest absolute Gasteiger partial charge is 0.264 e. The third-order valence-electron chi connectivity index (χ3n) is 1.15. The summed E-state index contributed by atoms with van der Waals surface area (Å²) in [6, 6.07) is 3.13. The molecule has 0 N–H and O–H groups in total. The molecule has 1 rings (SSSR count). The molecule has 0 fully saturated rings. The third-order valence-corrected chi connectivity index (χ3v) is 1.15. The highest BCUT2D eigenvalue weighted by Crippen LogP contribution is 2.17. The second kappa shape index (κ2) is 3.38. The van der Waals surface area contributed by atoms with Crippen LogP contribution in [0.4, 0.5) is 13.2 Å². The molecule has 0 aliphatic rings. The van der Waals surface area contributed by atoms with E-state index in [0.29, 0.717) is 5.56 Å². The van der Waals surface area contributed by atoms with Gasteiger partial charge in [-0.15, -0.1) is 0 Å². The molecule has 0 radical (unpaired) electrons. The molecule has 0 unspecified atom stereocenters. The summed E-state index contributed by atoms with van der Waals surface area (Å²) in [5.74, 6) is 0. The number of nitrogens with zero attached hydrogens (tertiary/aromatic N) is 1. The van der Waals surface area contributed by atoms with E-state index in [2.05, 4.69) is 4.98 Å². The first kappa shape index (κ1) is 8.77. The van der Waals surface area contributed by atoms with Crippen LogP contribution in [-0.4, -0.2) is 11.2 Å². The van der Waals surface area contributed by atoms with Crippen molar-refractivity contribution in [1.82, 2.24) is 4.98 Å². The zero-order valence-corrected chi connectivity index (χ0v) is 6.05. The Hall–Kier alpha value is -1.32. The zero-order chi connectivity index (χ0) is 9.03. The maximum absolute atomic E-state index is 11.6. The van der Waals surface area contributed by atoms with Crippen LogP contribution in [0.1, 0.15) is 5.56 Å². The van der Waals surface area contributed by atoms with Gasteiger partial charge in [-0.2, -0.15) is 13.2 Å². The van der Waals surface area contributed by atoms with Crippen LogP contribution in [0.15, 0.2) is 30.6 Å². The summed E-state index contributed by atoms with van der Waals surface area (Å²) in [6.45, 7) is 0.